The van der Waals surface area contributed by atoms with E-state index >= 15 is 0 Å². The molecule has 3 amide bonds. The Kier molecular flexibility index (Phi) is 6.95. The highest BCUT2D eigenvalue weighted by Gasteiger charge is 2.54. The van der Waals surface area contributed by atoms with Gasteiger partial charge in [-0.3, -0.25) is 9.80 Å². The van der Waals surface area contributed by atoms with E-state index < -0.39 is 60.0 Å². The second-order valence-electron chi connectivity index (χ2n) is 9.19. The number of aliphatic carboxylic acids is 1. The third-order valence-electron chi connectivity index (χ3n) is 6.99. The number of rotatable bonds is 5. The highest BCUT2D eigenvalue weighted by Crippen LogP contribution is 2.37. The number of carbonyl (C=O) groups excluding carboxylic acids is 2. The monoisotopic (exact) mass is 521 g/mol. The first kappa shape index (κ1) is 25.2. The molecule has 2 aliphatic rings. The van der Waals surface area contributed by atoms with Crippen LogP contribution in [-0.4, -0.2) is 57.7 Å². The fourth-order valence-electron chi connectivity index (χ4n) is 5.26. The molecule has 0 spiro atoms. The predicted octanol–water partition coefficient (Wildman–Crippen LogP) is 5.16. The molecule has 2 aliphatic heterocycles. The number of carbonyl (C=O) groups is 3. The standard InChI is InChI=1S/C28H25F2N3O5/c29-22-12-7-13-23(30)21(22)17-38-28(37)33-20-14-15-24(33)25(26(34)35)31(16-20)27(36)32(18-8-3-1-4-9-18)19-10-5-2-6-11-19/h1-13,20,24-25H,14-17H2,(H,34,35)/t20-,24+,25-/m0/s1. The Morgan fingerprint density at radius 1 is 0.868 bits per heavy atom. The van der Waals surface area contributed by atoms with Crippen molar-refractivity contribution in [1.82, 2.24) is 9.80 Å². The van der Waals surface area contributed by atoms with Gasteiger partial charge in [-0.1, -0.05) is 42.5 Å². The quantitative estimate of drug-likeness (QED) is 0.501. The molecule has 0 radical (unpaired) electrons. The lowest BCUT2D eigenvalue weighted by atomic mass is 10.0. The van der Waals surface area contributed by atoms with Gasteiger partial charge in [0.15, 0.2) is 6.04 Å². The van der Waals surface area contributed by atoms with Crippen molar-refractivity contribution in [2.75, 3.05) is 11.4 Å². The van der Waals surface area contributed by atoms with Crippen LogP contribution in [0.2, 0.25) is 0 Å². The zero-order valence-corrected chi connectivity index (χ0v) is 20.2. The highest BCUT2D eigenvalue weighted by atomic mass is 19.1. The first-order valence-electron chi connectivity index (χ1n) is 12.2. The molecule has 0 saturated carbocycles. The number of fused-ring (bicyclic) bond motifs is 2. The number of piperazine rings is 1. The first-order chi connectivity index (χ1) is 18.4. The summed E-state index contributed by atoms with van der Waals surface area (Å²) in [6.45, 7) is -0.672. The fraction of sp³-hybridized carbons (Fsp3) is 0.250. The van der Waals surface area contributed by atoms with Crippen molar-refractivity contribution < 1.29 is 33.0 Å². The molecule has 1 N–H and O–H groups in total. The molecule has 0 aliphatic carbocycles. The van der Waals surface area contributed by atoms with Gasteiger partial charge in [0.05, 0.1) is 29.0 Å². The zero-order chi connectivity index (χ0) is 26.8. The Hall–Kier alpha value is -4.47. The largest absolute Gasteiger partial charge is 0.480 e. The molecule has 2 bridgehead atoms. The molecule has 2 fully saturated rings. The van der Waals surface area contributed by atoms with E-state index in [0.717, 1.165) is 12.1 Å². The van der Waals surface area contributed by atoms with Crippen molar-refractivity contribution in [3.8, 4) is 0 Å². The second kappa shape index (κ2) is 10.5. The van der Waals surface area contributed by atoms with Crippen LogP contribution in [0.15, 0.2) is 78.9 Å². The molecule has 3 aromatic carbocycles. The molecule has 3 atom stereocenters. The third kappa shape index (κ3) is 4.65. The first-order valence-corrected chi connectivity index (χ1v) is 12.2. The van der Waals surface area contributed by atoms with Gasteiger partial charge >= 0.3 is 18.1 Å². The number of nitrogens with zero attached hydrogens (tertiary/aromatic N) is 3. The minimum Gasteiger partial charge on any atom is -0.480 e. The number of ether oxygens (including phenoxy) is 1. The topological polar surface area (TPSA) is 90.4 Å². The summed E-state index contributed by atoms with van der Waals surface area (Å²) in [4.78, 5) is 43.5. The summed E-state index contributed by atoms with van der Waals surface area (Å²) in [6.07, 6.45) is -0.0787. The number of para-hydroxylation sites is 2. The smallest absolute Gasteiger partial charge is 0.410 e. The van der Waals surface area contributed by atoms with Crippen molar-refractivity contribution >= 4 is 29.5 Å². The maximum absolute atomic E-state index is 14.0. The molecule has 10 heteroatoms. The van der Waals surface area contributed by atoms with E-state index in [9.17, 15) is 28.3 Å². The van der Waals surface area contributed by atoms with E-state index in [1.165, 1.54) is 20.8 Å². The SMILES string of the molecule is O=C(O)[C@@H]1[C@H]2CC[C@@H](CN1C(=O)N(c1ccccc1)c1ccccc1)N2C(=O)OCc1c(F)cccc1F. The molecule has 196 valence electrons. The molecule has 0 unspecified atom stereocenters. The number of urea groups is 1. The van der Waals surface area contributed by atoms with Gasteiger partial charge in [-0.05, 0) is 49.2 Å². The molecule has 2 heterocycles. The zero-order valence-electron chi connectivity index (χ0n) is 20.2. The maximum atomic E-state index is 14.0. The molecule has 0 aromatic heterocycles. The van der Waals surface area contributed by atoms with Crippen LogP contribution >= 0.6 is 0 Å². The molecule has 8 nitrogen and oxygen atoms in total. The predicted molar refractivity (Wildman–Crippen MR) is 134 cm³/mol. The third-order valence-corrected chi connectivity index (χ3v) is 6.99. The minimum atomic E-state index is -1.34. The molecular weight excluding hydrogens is 496 g/mol. The van der Waals surface area contributed by atoms with Gasteiger partial charge in [-0.15, -0.1) is 0 Å². The van der Waals surface area contributed by atoms with Gasteiger partial charge in [0.25, 0.3) is 0 Å². The Morgan fingerprint density at radius 2 is 1.45 bits per heavy atom. The van der Waals surface area contributed by atoms with Crippen LogP contribution in [0.5, 0.6) is 0 Å². The summed E-state index contributed by atoms with van der Waals surface area (Å²) in [5.41, 5.74) is 0.737. The van der Waals surface area contributed by atoms with Crippen LogP contribution in [0.1, 0.15) is 18.4 Å². The van der Waals surface area contributed by atoms with Gasteiger partial charge in [-0.2, -0.15) is 0 Å². The summed E-state index contributed by atoms with van der Waals surface area (Å²) in [5.74, 6) is -2.95. The van der Waals surface area contributed by atoms with Crippen LogP contribution in [0, 0.1) is 11.6 Å². The van der Waals surface area contributed by atoms with Crippen LogP contribution in [-0.2, 0) is 16.1 Å². The van der Waals surface area contributed by atoms with Crippen molar-refractivity contribution in [2.45, 2.75) is 37.6 Å². The van der Waals surface area contributed by atoms with Gasteiger partial charge in [0, 0.05) is 6.54 Å². The Morgan fingerprint density at radius 3 is 2.00 bits per heavy atom. The second-order valence-corrected chi connectivity index (χ2v) is 9.19. The van der Waals surface area contributed by atoms with Crippen molar-refractivity contribution in [2.24, 2.45) is 0 Å². The van der Waals surface area contributed by atoms with E-state index in [4.69, 9.17) is 4.74 Å². The number of carboxylic acids is 1. The number of amides is 3. The van der Waals surface area contributed by atoms with Gasteiger partial charge in [-0.25, -0.2) is 23.2 Å². The number of likely N-dealkylation sites (tertiary alicyclic amines) is 1. The van der Waals surface area contributed by atoms with Crippen LogP contribution in [0.4, 0.5) is 29.7 Å². The summed E-state index contributed by atoms with van der Waals surface area (Å²) in [6, 6.07) is 17.9. The molecule has 5 rings (SSSR count). The molecule has 3 aromatic rings. The summed E-state index contributed by atoms with van der Waals surface area (Å²) in [5, 5.41) is 10.2. The van der Waals surface area contributed by atoms with Crippen molar-refractivity contribution in [3.05, 3.63) is 96.1 Å². The Balaban J connectivity index is 1.41. The lowest BCUT2D eigenvalue weighted by molar-refractivity contribution is -0.146. The van der Waals surface area contributed by atoms with Gasteiger partial charge in [0.1, 0.15) is 18.2 Å². The number of anilines is 2. The van der Waals surface area contributed by atoms with Crippen LogP contribution in [0.3, 0.4) is 0 Å². The number of hydrogen-bond acceptors (Lipinski definition) is 4. The van der Waals surface area contributed by atoms with E-state index in [-0.39, 0.29) is 6.54 Å². The number of benzene rings is 3. The highest BCUT2D eigenvalue weighted by molar-refractivity contribution is 6.01. The number of halogens is 2. The normalized spacial score (nSPS) is 20.2. The average Bonchev–Trinajstić information content (AvgIpc) is 3.22. The Bertz CT molecular complexity index is 1280. The van der Waals surface area contributed by atoms with Crippen LogP contribution in [0.25, 0.3) is 0 Å². The summed E-state index contributed by atoms with van der Waals surface area (Å²) >= 11 is 0. The average molecular weight is 522 g/mol. The van der Waals surface area contributed by atoms with E-state index in [0.29, 0.717) is 24.2 Å². The van der Waals surface area contributed by atoms with E-state index in [2.05, 4.69) is 0 Å². The van der Waals surface area contributed by atoms with Crippen molar-refractivity contribution in [3.63, 3.8) is 0 Å². The van der Waals surface area contributed by atoms with E-state index in [1.54, 1.807) is 48.5 Å². The van der Waals surface area contributed by atoms with Gasteiger partial charge < -0.3 is 14.7 Å². The summed E-state index contributed by atoms with van der Waals surface area (Å²) in [7, 11) is 0. The fourth-order valence-corrected chi connectivity index (χ4v) is 5.26. The number of carboxylic acid groups (broad SMARTS) is 1. The Labute approximate surface area is 217 Å². The lowest BCUT2D eigenvalue weighted by Gasteiger charge is -2.45. The van der Waals surface area contributed by atoms with Gasteiger partial charge in [0.2, 0.25) is 0 Å². The molecule has 2 saturated heterocycles. The molecular formula is C28H25F2N3O5. The van der Waals surface area contributed by atoms with E-state index in [1.807, 2.05) is 12.1 Å². The molecule has 38 heavy (non-hydrogen) atoms. The van der Waals surface area contributed by atoms with Crippen molar-refractivity contribution in [1.29, 1.82) is 0 Å². The summed E-state index contributed by atoms with van der Waals surface area (Å²) < 4.78 is 33.2. The maximum Gasteiger partial charge on any atom is 0.410 e. The van der Waals surface area contributed by atoms with Crippen LogP contribution < -0.4 is 4.90 Å². The minimum absolute atomic E-state index is 0.0361. The number of hydrogen-bond donors (Lipinski definition) is 1. The lowest BCUT2D eigenvalue weighted by Crippen LogP contribution is -2.66.